The number of carbonyl (C=O) groups is 1. The van der Waals surface area contributed by atoms with Gasteiger partial charge in [-0.15, -0.1) is 0 Å². The van der Waals surface area contributed by atoms with Crippen molar-refractivity contribution in [3.63, 3.8) is 0 Å². The molecule has 0 rings (SSSR count). The van der Waals surface area contributed by atoms with Crippen molar-refractivity contribution in [3.8, 4) is 0 Å². The smallest absolute Gasteiger partial charge is 0.219 e. The van der Waals surface area contributed by atoms with Crippen LogP contribution in [0, 0.1) is 0 Å². The van der Waals surface area contributed by atoms with Crippen LogP contribution in [0.3, 0.4) is 0 Å². The number of amides is 1. The van der Waals surface area contributed by atoms with E-state index in [4.69, 9.17) is 0 Å². The highest BCUT2D eigenvalue weighted by Crippen LogP contribution is 2.09. The van der Waals surface area contributed by atoms with E-state index in [2.05, 4.69) is 32.7 Å². The van der Waals surface area contributed by atoms with Crippen LogP contribution < -0.4 is 0 Å². The maximum Gasteiger partial charge on any atom is 0.219 e. The molecule has 0 spiro atoms. The van der Waals surface area contributed by atoms with Crippen LogP contribution in [0.25, 0.3) is 0 Å². The first-order valence-corrected chi connectivity index (χ1v) is 4.68. The second kappa shape index (κ2) is 4.61. The van der Waals surface area contributed by atoms with Crippen LogP contribution in [0.4, 0.5) is 0 Å². The topological polar surface area (TPSA) is 23.6 Å². The average molecular weight is 186 g/mol. The average Bonchev–Trinajstić information content (AvgIpc) is 1.97. The lowest BCUT2D eigenvalue weighted by Gasteiger charge is -2.33. The van der Waals surface area contributed by atoms with Crippen molar-refractivity contribution in [1.29, 1.82) is 0 Å². The zero-order valence-corrected chi connectivity index (χ0v) is 9.72. The van der Waals surface area contributed by atoms with Crippen LogP contribution in [0.1, 0.15) is 27.7 Å². The van der Waals surface area contributed by atoms with E-state index in [1.54, 1.807) is 11.8 Å². The molecule has 0 bridgehead atoms. The van der Waals surface area contributed by atoms with Gasteiger partial charge in [0.15, 0.2) is 0 Å². The van der Waals surface area contributed by atoms with E-state index < -0.39 is 0 Å². The van der Waals surface area contributed by atoms with E-state index in [0.29, 0.717) is 0 Å². The minimum Gasteiger partial charge on any atom is -0.345 e. The quantitative estimate of drug-likeness (QED) is 0.661. The van der Waals surface area contributed by atoms with Gasteiger partial charge in [-0.05, 0) is 27.8 Å². The largest absolute Gasteiger partial charge is 0.345 e. The van der Waals surface area contributed by atoms with Crippen LogP contribution in [-0.2, 0) is 4.79 Å². The molecule has 0 heterocycles. The van der Waals surface area contributed by atoms with Gasteiger partial charge in [0.1, 0.15) is 0 Å². The Balaban J connectivity index is 3.83. The fourth-order valence-corrected chi connectivity index (χ4v) is 0.793. The van der Waals surface area contributed by atoms with Crippen LogP contribution in [0.5, 0.6) is 0 Å². The van der Waals surface area contributed by atoms with Crippen LogP contribution in [0.2, 0.25) is 0 Å². The molecule has 0 atom stereocenters. The number of hydrogen-bond donors (Lipinski definition) is 0. The fraction of sp³-hybridized carbons (Fsp3) is 0.900. The van der Waals surface area contributed by atoms with Gasteiger partial charge < -0.3 is 4.90 Å². The highest BCUT2D eigenvalue weighted by atomic mass is 16.2. The van der Waals surface area contributed by atoms with Crippen molar-refractivity contribution in [2.24, 2.45) is 0 Å². The Morgan fingerprint density at radius 1 is 1.15 bits per heavy atom. The van der Waals surface area contributed by atoms with Gasteiger partial charge in [-0.25, -0.2) is 0 Å². The predicted octanol–water partition coefficient (Wildman–Crippen LogP) is 1.19. The molecule has 0 aliphatic carbocycles. The SMILES string of the molecule is CC(=O)N(C)CCN(C)C(C)(C)C. The molecule has 3 heteroatoms. The predicted molar refractivity (Wildman–Crippen MR) is 55.7 cm³/mol. The Kier molecular flexibility index (Phi) is 4.40. The zero-order valence-electron chi connectivity index (χ0n) is 9.72. The number of nitrogens with zero attached hydrogens (tertiary/aromatic N) is 2. The van der Waals surface area contributed by atoms with E-state index in [1.807, 2.05) is 7.05 Å². The third-order valence-electron chi connectivity index (χ3n) is 2.45. The van der Waals surface area contributed by atoms with E-state index in [1.165, 1.54) is 0 Å². The van der Waals surface area contributed by atoms with Crippen LogP contribution >= 0.6 is 0 Å². The van der Waals surface area contributed by atoms with E-state index in [-0.39, 0.29) is 11.4 Å². The number of likely N-dealkylation sites (N-methyl/N-ethyl adjacent to an activating group) is 2. The first-order valence-electron chi connectivity index (χ1n) is 4.68. The van der Waals surface area contributed by atoms with Crippen molar-refractivity contribution >= 4 is 5.91 Å². The van der Waals surface area contributed by atoms with Gasteiger partial charge in [-0.1, -0.05) is 0 Å². The van der Waals surface area contributed by atoms with Crippen molar-refractivity contribution in [3.05, 3.63) is 0 Å². The van der Waals surface area contributed by atoms with Crippen LogP contribution in [-0.4, -0.2) is 48.4 Å². The second-order valence-electron chi connectivity index (χ2n) is 4.53. The summed E-state index contributed by atoms with van der Waals surface area (Å²) in [5.41, 5.74) is 0.178. The minimum absolute atomic E-state index is 0.127. The number of rotatable bonds is 3. The first kappa shape index (κ1) is 12.4. The van der Waals surface area contributed by atoms with Crippen molar-refractivity contribution < 1.29 is 4.79 Å². The molecule has 3 nitrogen and oxygen atoms in total. The molecule has 0 aliphatic rings. The summed E-state index contributed by atoms with van der Waals surface area (Å²) in [7, 11) is 3.91. The molecule has 0 aromatic rings. The summed E-state index contributed by atoms with van der Waals surface area (Å²) in [6.45, 7) is 9.81. The standard InChI is InChI=1S/C10H22N2O/c1-9(13)11(5)7-8-12(6)10(2,3)4/h7-8H2,1-6H3. The molecule has 0 aliphatic heterocycles. The van der Waals surface area contributed by atoms with Crippen LogP contribution in [0.15, 0.2) is 0 Å². The third-order valence-corrected chi connectivity index (χ3v) is 2.45. The summed E-state index contributed by atoms with van der Waals surface area (Å²) < 4.78 is 0. The molecule has 0 saturated heterocycles. The lowest BCUT2D eigenvalue weighted by molar-refractivity contribution is -0.127. The minimum atomic E-state index is 0.127. The maximum absolute atomic E-state index is 10.9. The molecule has 0 N–H and O–H groups in total. The molecule has 78 valence electrons. The highest BCUT2D eigenvalue weighted by Gasteiger charge is 2.16. The van der Waals surface area contributed by atoms with Crippen molar-refractivity contribution in [2.75, 3.05) is 27.2 Å². The van der Waals surface area contributed by atoms with E-state index in [0.717, 1.165) is 13.1 Å². The Labute approximate surface area is 81.7 Å². The highest BCUT2D eigenvalue weighted by molar-refractivity contribution is 5.72. The van der Waals surface area contributed by atoms with Gasteiger partial charge in [-0.2, -0.15) is 0 Å². The molecule has 0 aromatic carbocycles. The second-order valence-corrected chi connectivity index (χ2v) is 4.53. The summed E-state index contributed by atoms with van der Waals surface area (Å²) in [6.07, 6.45) is 0. The lowest BCUT2D eigenvalue weighted by Crippen LogP contribution is -2.43. The van der Waals surface area contributed by atoms with Gasteiger partial charge in [-0.3, -0.25) is 9.69 Å². The maximum atomic E-state index is 10.9. The van der Waals surface area contributed by atoms with E-state index >= 15 is 0 Å². The van der Waals surface area contributed by atoms with Gasteiger partial charge in [0.25, 0.3) is 0 Å². The van der Waals surface area contributed by atoms with Gasteiger partial charge in [0.05, 0.1) is 0 Å². The summed E-state index contributed by atoms with van der Waals surface area (Å²) in [5.74, 6) is 0.127. The molecule has 0 radical (unpaired) electrons. The van der Waals surface area contributed by atoms with Crippen molar-refractivity contribution in [2.45, 2.75) is 33.2 Å². The number of hydrogen-bond acceptors (Lipinski definition) is 2. The summed E-state index contributed by atoms with van der Waals surface area (Å²) in [5, 5.41) is 0. The van der Waals surface area contributed by atoms with E-state index in [9.17, 15) is 4.79 Å². The van der Waals surface area contributed by atoms with Gasteiger partial charge in [0, 0.05) is 32.6 Å². The van der Waals surface area contributed by atoms with Gasteiger partial charge in [0.2, 0.25) is 5.91 Å². The van der Waals surface area contributed by atoms with Gasteiger partial charge >= 0.3 is 0 Å². The first-order chi connectivity index (χ1) is 5.75. The molecule has 0 unspecified atom stereocenters. The molecule has 0 fully saturated rings. The molecule has 1 amide bonds. The number of carbonyl (C=O) groups excluding carboxylic acids is 1. The molecular weight excluding hydrogens is 164 g/mol. The summed E-state index contributed by atoms with van der Waals surface area (Å²) in [4.78, 5) is 14.9. The zero-order chi connectivity index (χ0) is 10.6. The molecular formula is C10H22N2O. The monoisotopic (exact) mass is 186 g/mol. The Morgan fingerprint density at radius 3 is 1.92 bits per heavy atom. The fourth-order valence-electron chi connectivity index (χ4n) is 0.793. The Bertz CT molecular complexity index is 172. The molecule has 13 heavy (non-hydrogen) atoms. The lowest BCUT2D eigenvalue weighted by atomic mass is 10.1. The molecule has 0 aromatic heterocycles. The third kappa shape index (κ3) is 4.88. The molecule has 0 saturated carbocycles. The summed E-state index contributed by atoms with van der Waals surface area (Å²) in [6, 6.07) is 0. The summed E-state index contributed by atoms with van der Waals surface area (Å²) >= 11 is 0. The van der Waals surface area contributed by atoms with Crippen molar-refractivity contribution in [1.82, 2.24) is 9.80 Å². The normalized spacial score (nSPS) is 11.9. The Morgan fingerprint density at radius 2 is 1.62 bits per heavy atom. The Hall–Kier alpha value is -0.570.